The lowest BCUT2D eigenvalue weighted by molar-refractivity contribution is -0.0158. The first-order valence-electron chi connectivity index (χ1n) is 3.53. The Balaban J connectivity index is 2.87. The van der Waals surface area contributed by atoms with Gasteiger partial charge in [0.25, 0.3) is 5.89 Å². The van der Waals surface area contributed by atoms with Gasteiger partial charge in [0.2, 0.25) is 0 Å². The molecule has 1 aromatic rings. The summed E-state index contributed by atoms with van der Waals surface area (Å²) in [6.45, 7) is 0.211. The first-order chi connectivity index (χ1) is 5.95. The Hall–Kier alpha value is -1.08. The van der Waals surface area contributed by atoms with E-state index in [0.717, 1.165) is 0 Å². The number of aromatic nitrogens is 2. The van der Waals surface area contributed by atoms with E-state index in [1.54, 1.807) is 0 Å². The van der Waals surface area contributed by atoms with Crippen LogP contribution in [0.5, 0.6) is 0 Å². The van der Waals surface area contributed by atoms with E-state index in [-0.39, 0.29) is 5.82 Å². The van der Waals surface area contributed by atoms with Crippen molar-refractivity contribution in [2.45, 2.75) is 18.9 Å². The molecule has 13 heavy (non-hydrogen) atoms. The number of nitrogens with zero attached hydrogens (tertiary/aromatic N) is 2. The maximum absolute atomic E-state index is 12.5. The molecule has 0 aromatic carbocycles. The van der Waals surface area contributed by atoms with Crippen molar-refractivity contribution < 1.29 is 18.4 Å². The van der Waals surface area contributed by atoms with Crippen LogP contribution in [-0.4, -0.2) is 21.9 Å². The number of aliphatic hydroxyl groups excluding tert-OH is 1. The summed E-state index contributed by atoms with van der Waals surface area (Å²) in [5.41, 5.74) is 5.27. The number of alkyl halides is 2. The van der Waals surface area contributed by atoms with Gasteiger partial charge < -0.3 is 15.4 Å². The number of aliphatic hydroxyl groups is 1. The molecule has 0 aliphatic carbocycles. The first kappa shape index (κ1) is 10.0. The normalized spacial score (nSPS) is 14.5. The molecule has 0 aliphatic rings. The Morgan fingerprint density at radius 3 is 2.69 bits per heavy atom. The molecule has 0 aliphatic heterocycles. The standard InChI is InChI=1S/C6H9F2N3O2/c1-6(7,8)5-10-4(11-13-5)3(9)2-12/h3,12H,2,9H2,1H3. The molecule has 1 rings (SSSR count). The lowest BCUT2D eigenvalue weighted by Crippen LogP contribution is -2.16. The minimum atomic E-state index is -3.18. The topological polar surface area (TPSA) is 85.2 Å². The van der Waals surface area contributed by atoms with E-state index in [4.69, 9.17) is 10.8 Å². The van der Waals surface area contributed by atoms with Gasteiger partial charge in [-0.05, 0) is 0 Å². The number of hydrogen-bond donors (Lipinski definition) is 2. The van der Waals surface area contributed by atoms with Gasteiger partial charge in [0.15, 0.2) is 5.82 Å². The average Bonchev–Trinajstić information content (AvgIpc) is 2.50. The number of rotatable bonds is 3. The van der Waals surface area contributed by atoms with Crippen LogP contribution in [0.4, 0.5) is 8.78 Å². The number of halogens is 2. The summed E-state index contributed by atoms with van der Waals surface area (Å²) in [6, 6.07) is -0.889. The van der Waals surface area contributed by atoms with Crippen LogP contribution in [0.2, 0.25) is 0 Å². The molecule has 0 fully saturated rings. The van der Waals surface area contributed by atoms with Gasteiger partial charge in [0, 0.05) is 6.92 Å². The van der Waals surface area contributed by atoms with Crippen molar-refractivity contribution in [1.29, 1.82) is 0 Å². The first-order valence-corrected chi connectivity index (χ1v) is 3.53. The molecular formula is C6H9F2N3O2. The smallest absolute Gasteiger partial charge is 0.322 e. The highest BCUT2D eigenvalue weighted by molar-refractivity contribution is 4.96. The minimum absolute atomic E-state index is 0.126. The summed E-state index contributed by atoms with van der Waals surface area (Å²) < 4.78 is 29.3. The molecule has 0 amide bonds. The second kappa shape index (κ2) is 3.35. The summed E-state index contributed by atoms with van der Waals surface area (Å²) in [5.74, 6) is -4.11. The van der Waals surface area contributed by atoms with Crippen molar-refractivity contribution in [2.75, 3.05) is 6.61 Å². The third-order valence-electron chi connectivity index (χ3n) is 1.35. The van der Waals surface area contributed by atoms with Crippen LogP contribution in [0.25, 0.3) is 0 Å². The molecule has 0 saturated heterocycles. The molecule has 7 heteroatoms. The van der Waals surface area contributed by atoms with Gasteiger partial charge in [-0.3, -0.25) is 0 Å². The van der Waals surface area contributed by atoms with Crippen LogP contribution in [0, 0.1) is 0 Å². The maximum Gasteiger partial charge on any atom is 0.322 e. The summed E-state index contributed by atoms with van der Waals surface area (Å²) in [5, 5.41) is 11.8. The predicted molar refractivity (Wildman–Crippen MR) is 37.9 cm³/mol. The maximum atomic E-state index is 12.5. The van der Waals surface area contributed by atoms with Crippen LogP contribution in [0.3, 0.4) is 0 Å². The monoisotopic (exact) mass is 193 g/mol. The molecule has 0 bridgehead atoms. The molecule has 5 nitrogen and oxygen atoms in total. The van der Waals surface area contributed by atoms with Crippen molar-refractivity contribution in [3.8, 4) is 0 Å². The third kappa shape index (κ3) is 2.19. The summed E-state index contributed by atoms with van der Waals surface area (Å²) in [7, 11) is 0. The van der Waals surface area contributed by atoms with E-state index in [9.17, 15) is 8.78 Å². The van der Waals surface area contributed by atoms with Crippen molar-refractivity contribution in [1.82, 2.24) is 10.1 Å². The Morgan fingerprint density at radius 2 is 2.31 bits per heavy atom. The zero-order valence-electron chi connectivity index (χ0n) is 6.87. The van der Waals surface area contributed by atoms with Gasteiger partial charge in [-0.25, -0.2) is 0 Å². The van der Waals surface area contributed by atoms with Crippen molar-refractivity contribution in [3.63, 3.8) is 0 Å². The highest BCUT2D eigenvalue weighted by Gasteiger charge is 2.32. The lowest BCUT2D eigenvalue weighted by atomic mass is 10.3. The Kier molecular flexibility index (Phi) is 2.58. The highest BCUT2D eigenvalue weighted by atomic mass is 19.3. The Labute approximate surface area is 72.5 Å². The quantitative estimate of drug-likeness (QED) is 0.714. The predicted octanol–water partition coefficient (Wildman–Crippen LogP) is 0.173. The van der Waals surface area contributed by atoms with E-state index in [2.05, 4.69) is 14.7 Å². The van der Waals surface area contributed by atoms with Crippen molar-refractivity contribution in [3.05, 3.63) is 11.7 Å². The van der Waals surface area contributed by atoms with Crippen LogP contribution >= 0.6 is 0 Å². The highest BCUT2D eigenvalue weighted by Crippen LogP contribution is 2.25. The zero-order chi connectivity index (χ0) is 10.1. The van der Waals surface area contributed by atoms with Gasteiger partial charge in [-0.1, -0.05) is 5.16 Å². The van der Waals surface area contributed by atoms with Crippen LogP contribution in [0.1, 0.15) is 24.7 Å². The molecule has 1 atom stereocenters. The molecule has 3 N–H and O–H groups in total. The average molecular weight is 193 g/mol. The van der Waals surface area contributed by atoms with E-state index < -0.39 is 24.5 Å². The fourth-order valence-electron chi connectivity index (χ4n) is 0.645. The summed E-state index contributed by atoms with van der Waals surface area (Å²) >= 11 is 0. The van der Waals surface area contributed by atoms with E-state index in [0.29, 0.717) is 6.92 Å². The van der Waals surface area contributed by atoms with E-state index in [1.165, 1.54) is 0 Å². The van der Waals surface area contributed by atoms with Crippen molar-refractivity contribution >= 4 is 0 Å². The van der Waals surface area contributed by atoms with Gasteiger partial charge in [0.05, 0.1) is 12.6 Å². The molecule has 0 saturated carbocycles. The summed E-state index contributed by atoms with van der Waals surface area (Å²) in [6.07, 6.45) is 0. The van der Waals surface area contributed by atoms with Gasteiger partial charge in [-0.15, -0.1) is 0 Å². The Morgan fingerprint density at radius 1 is 1.69 bits per heavy atom. The van der Waals surface area contributed by atoms with Gasteiger partial charge in [-0.2, -0.15) is 13.8 Å². The van der Waals surface area contributed by atoms with Gasteiger partial charge in [0.1, 0.15) is 0 Å². The molecule has 1 heterocycles. The molecule has 0 spiro atoms. The van der Waals surface area contributed by atoms with Gasteiger partial charge >= 0.3 is 5.92 Å². The van der Waals surface area contributed by atoms with Crippen LogP contribution in [0.15, 0.2) is 4.52 Å². The Bertz CT molecular complexity index is 284. The molecule has 1 aromatic heterocycles. The largest absolute Gasteiger partial charge is 0.394 e. The summed E-state index contributed by atoms with van der Waals surface area (Å²) in [4.78, 5) is 3.34. The molecule has 0 radical (unpaired) electrons. The lowest BCUT2D eigenvalue weighted by Gasteiger charge is -2.02. The van der Waals surface area contributed by atoms with Crippen molar-refractivity contribution in [2.24, 2.45) is 5.73 Å². The second-order valence-corrected chi connectivity index (χ2v) is 2.64. The molecular weight excluding hydrogens is 184 g/mol. The SMILES string of the molecule is CC(F)(F)c1nc(C(N)CO)no1. The van der Waals surface area contributed by atoms with Crippen LogP contribution < -0.4 is 5.73 Å². The second-order valence-electron chi connectivity index (χ2n) is 2.64. The fraction of sp³-hybridized carbons (Fsp3) is 0.667. The van der Waals surface area contributed by atoms with E-state index >= 15 is 0 Å². The molecule has 1 unspecified atom stereocenters. The molecule has 74 valence electrons. The number of hydrogen-bond acceptors (Lipinski definition) is 5. The fourth-order valence-corrected chi connectivity index (χ4v) is 0.645. The van der Waals surface area contributed by atoms with E-state index in [1.807, 2.05) is 0 Å². The van der Waals surface area contributed by atoms with Crippen LogP contribution in [-0.2, 0) is 5.92 Å². The third-order valence-corrected chi connectivity index (χ3v) is 1.35. The number of nitrogens with two attached hydrogens (primary N) is 1. The minimum Gasteiger partial charge on any atom is -0.394 e. The zero-order valence-corrected chi connectivity index (χ0v) is 6.87.